The minimum absolute atomic E-state index is 0.136. The highest BCUT2D eigenvalue weighted by molar-refractivity contribution is 5.94. The van der Waals surface area contributed by atoms with E-state index in [0.29, 0.717) is 12.0 Å². The van der Waals surface area contributed by atoms with Crippen LogP contribution in [0.5, 0.6) is 0 Å². The summed E-state index contributed by atoms with van der Waals surface area (Å²) in [6, 6.07) is 12.5. The minimum atomic E-state index is -1.11. The van der Waals surface area contributed by atoms with Crippen LogP contribution < -0.4 is 5.32 Å². The van der Waals surface area contributed by atoms with E-state index < -0.39 is 5.60 Å². The Morgan fingerprint density at radius 1 is 1.26 bits per heavy atom. The van der Waals surface area contributed by atoms with E-state index in [2.05, 4.69) is 10.3 Å². The molecule has 0 saturated carbocycles. The molecule has 0 aliphatic carbocycles. The zero-order chi connectivity index (χ0) is 16.3. The first-order valence-corrected chi connectivity index (χ1v) is 7.42. The molecule has 23 heavy (non-hydrogen) atoms. The van der Waals surface area contributed by atoms with Gasteiger partial charge >= 0.3 is 0 Å². The van der Waals surface area contributed by atoms with Crippen LogP contribution in [0.1, 0.15) is 23.0 Å². The lowest BCUT2D eigenvalue weighted by Crippen LogP contribution is -2.42. The summed E-state index contributed by atoms with van der Waals surface area (Å²) in [7, 11) is 0. The van der Waals surface area contributed by atoms with E-state index in [-0.39, 0.29) is 12.5 Å². The summed E-state index contributed by atoms with van der Waals surface area (Å²) in [4.78, 5) is 16.4. The van der Waals surface area contributed by atoms with E-state index in [9.17, 15) is 9.90 Å². The van der Waals surface area contributed by atoms with Crippen molar-refractivity contribution in [1.29, 1.82) is 0 Å². The second-order valence-corrected chi connectivity index (χ2v) is 5.81. The van der Waals surface area contributed by atoms with Crippen LogP contribution >= 0.6 is 0 Å². The molecule has 2 N–H and O–H groups in total. The zero-order valence-electron chi connectivity index (χ0n) is 12.8. The topological polar surface area (TPSA) is 75.4 Å². The van der Waals surface area contributed by atoms with E-state index in [1.165, 1.54) is 0 Å². The maximum atomic E-state index is 12.1. The molecule has 0 spiro atoms. The third kappa shape index (κ3) is 3.57. The van der Waals surface area contributed by atoms with Crippen molar-refractivity contribution in [3.8, 4) is 0 Å². The Bertz CT molecular complexity index is 809. The van der Waals surface area contributed by atoms with Gasteiger partial charge in [0.1, 0.15) is 5.58 Å². The van der Waals surface area contributed by atoms with E-state index in [1.807, 2.05) is 12.1 Å². The molecular formula is C18H18N2O3. The fraction of sp³-hybridized carbons (Fsp3) is 0.222. The third-order valence-electron chi connectivity index (χ3n) is 3.68. The van der Waals surface area contributed by atoms with Gasteiger partial charge in [0.2, 0.25) is 0 Å². The van der Waals surface area contributed by atoms with E-state index >= 15 is 0 Å². The number of aliphatic hydroxyl groups is 1. The van der Waals surface area contributed by atoms with Gasteiger partial charge in [-0.05, 0) is 31.2 Å². The van der Waals surface area contributed by atoms with Gasteiger partial charge in [-0.15, -0.1) is 0 Å². The van der Waals surface area contributed by atoms with Gasteiger partial charge in [0.05, 0.1) is 17.6 Å². The Morgan fingerprint density at radius 3 is 2.83 bits per heavy atom. The molecule has 5 nitrogen and oxygen atoms in total. The quantitative estimate of drug-likeness (QED) is 0.759. The van der Waals surface area contributed by atoms with Crippen LogP contribution in [-0.2, 0) is 6.42 Å². The lowest BCUT2D eigenvalue weighted by molar-refractivity contribution is 0.0548. The number of hydrogen-bond acceptors (Lipinski definition) is 4. The third-order valence-corrected chi connectivity index (χ3v) is 3.68. The molecule has 0 aliphatic heterocycles. The van der Waals surface area contributed by atoms with Crippen molar-refractivity contribution in [1.82, 2.24) is 10.3 Å². The number of carbonyl (C=O) groups is 1. The summed E-state index contributed by atoms with van der Waals surface area (Å²) in [6.45, 7) is 1.81. The van der Waals surface area contributed by atoms with Gasteiger partial charge in [0.15, 0.2) is 0 Å². The molecule has 0 fully saturated rings. The smallest absolute Gasteiger partial charge is 0.251 e. The lowest BCUT2D eigenvalue weighted by Gasteiger charge is -2.23. The number of rotatable bonds is 5. The fourth-order valence-corrected chi connectivity index (χ4v) is 2.48. The van der Waals surface area contributed by atoms with Crippen molar-refractivity contribution in [2.45, 2.75) is 18.9 Å². The SMILES string of the molecule is CC(O)(CNC(=O)c1ccccc1)Cc1nccc2occc12. The molecule has 118 valence electrons. The maximum Gasteiger partial charge on any atom is 0.251 e. The van der Waals surface area contributed by atoms with Crippen LogP contribution in [0.25, 0.3) is 11.0 Å². The molecule has 1 aromatic carbocycles. The number of carbonyl (C=O) groups excluding carboxylic acids is 1. The molecule has 5 heteroatoms. The molecule has 0 radical (unpaired) electrons. The van der Waals surface area contributed by atoms with Crippen molar-refractivity contribution in [3.63, 3.8) is 0 Å². The average molecular weight is 310 g/mol. The molecule has 3 aromatic rings. The van der Waals surface area contributed by atoms with Crippen molar-refractivity contribution >= 4 is 16.9 Å². The van der Waals surface area contributed by atoms with Crippen LogP contribution in [0.3, 0.4) is 0 Å². The first-order valence-electron chi connectivity index (χ1n) is 7.42. The highest BCUT2D eigenvalue weighted by Crippen LogP contribution is 2.21. The van der Waals surface area contributed by atoms with Gasteiger partial charge in [0, 0.05) is 30.1 Å². The maximum absolute atomic E-state index is 12.1. The molecule has 1 atom stereocenters. The normalized spacial score (nSPS) is 13.7. The molecule has 1 amide bonds. The summed E-state index contributed by atoms with van der Waals surface area (Å²) in [5, 5.41) is 14.2. The summed E-state index contributed by atoms with van der Waals surface area (Å²) in [5.41, 5.74) is 0.941. The second-order valence-electron chi connectivity index (χ2n) is 5.81. The highest BCUT2D eigenvalue weighted by atomic mass is 16.3. The molecular weight excluding hydrogens is 292 g/mol. The molecule has 3 rings (SSSR count). The summed E-state index contributed by atoms with van der Waals surface area (Å²) in [6.07, 6.45) is 3.57. The fourth-order valence-electron chi connectivity index (χ4n) is 2.48. The monoisotopic (exact) mass is 310 g/mol. The summed E-state index contributed by atoms with van der Waals surface area (Å²) in [5.74, 6) is -0.208. The van der Waals surface area contributed by atoms with Crippen LogP contribution in [-0.4, -0.2) is 28.1 Å². The van der Waals surface area contributed by atoms with E-state index in [0.717, 1.165) is 16.7 Å². The van der Waals surface area contributed by atoms with Gasteiger partial charge in [-0.1, -0.05) is 18.2 Å². The predicted octanol–water partition coefficient (Wildman–Crippen LogP) is 2.55. The highest BCUT2D eigenvalue weighted by Gasteiger charge is 2.24. The molecule has 1 unspecified atom stereocenters. The first kappa shape index (κ1) is 15.2. The number of aromatic nitrogens is 1. The van der Waals surface area contributed by atoms with Gasteiger partial charge in [-0.25, -0.2) is 0 Å². The second kappa shape index (κ2) is 6.22. The Balaban J connectivity index is 1.67. The predicted molar refractivity (Wildman–Crippen MR) is 87.1 cm³/mol. The largest absolute Gasteiger partial charge is 0.464 e. The molecule has 2 aromatic heterocycles. The summed E-state index contributed by atoms with van der Waals surface area (Å²) < 4.78 is 5.34. The van der Waals surface area contributed by atoms with Gasteiger partial charge in [0.25, 0.3) is 5.91 Å². The molecule has 0 bridgehead atoms. The number of furan rings is 1. The Labute approximate surface area is 134 Å². The lowest BCUT2D eigenvalue weighted by atomic mass is 9.98. The Morgan fingerprint density at radius 2 is 2.04 bits per heavy atom. The standard InChI is InChI=1S/C18H18N2O3/c1-18(22,12-20-17(21)13-5-3-2-4-6-13)11-15-14-8-10-23-16(14)7-9-19-15/h2-10,22H,11-12H2,1H3,(H,20,21). The number of pyridine rings is 1. The van der Waals surface area contributed by atoms with Crippen LogP contribution in [0.4, 0.5) is 0 Å². The van der Waals surface area contributed by atoms with Gasteiger partial charge in [-0.3, -0.25) is 9.78 Å². The minimum Gasteiger partial charge on any atom is -0.464 e. The van der Waals surface area contributed by atoms with Crippen molar-refractivity contribution < 1.29 is 14.3 Å². The number of benzene rings is 1. The van der Waals surface area contributed by atoms with Crippen LogP contribution in [0.2, 0.25) is 0 Å². The average Bonchev–Trinajstić information content (AvgIpc) is 3.03. The number of nitrogens with one attached hydrogen (secondary N) is 1. The Hall–Kier alpha value is -2.66. The zero-order valence-corrected chi connectivity index (χ0v) is 12.8. The van der Waals surface area contributed by atoms with E-state index in [1.54, 1.807) is 49.7 Å². The van der Waals surface area contributed by atoms with Gasteiger partial charge in [-0.2, -0.15) is 0 Å². The number of fused-ring (bicyclic) bond motifs is 1. The molecule has 0 saturated heterocycles. The van der Waals surface area contributed by atoms with Crippen molar-refractivity contribution in [2.75, 3.05) is 6.54 Å². The molecule has 2 heterocycles. The number of amides is 1. The van der Waals surface area contributed by atoms with Crippen molar-refractivity contribution in [2.24, 2.45) is 0 Å². The van der Waals surface area contributed by atoms with Crippen LogP contribution in [0, 0.1) is 0 Å². The van der Waals surface area contributed by atoms with Crippen molar-refractivity contribution in [3.05, 3.63) is 66.2 Å². The number of hydrogen-bond donors (Lipinski definition) is 2. The number of nitrogens with zero attached hydrogens (tertiary/aromatic N) is 1. The summed E-state index contributed by atoms with van der Waals surface area (Å²) >= 11 is 0. The van der Waals surface area contributed by atoms with E-state index in [4.69, 9.17) is 4.42 Å². The Kier molecular flexibility index (Phi) is 4.12. The first-order chi connectivity index (χ1) is 11.1. The van der Waals surface area contributed by atoms with Gasteiger partial charge < -0.3 is 14.8 Å². The molecule has 0 aliphatic rings. The van der Waals surface area contributed by atoms with Crippen LogP contribution in [0.15, 0.2) is 59.3 Å².